The fourth-order valence-electron chi connectivity index (χ4n) is 4.03. The lowest BCUT2D eigenvalue weighted by molar-refractivity contribution is 0.326. The standard InChI is InChI=1S/C22H23N5O3/c1-13-11-17(13)21-24-18(12-23)22(29-21)27-9-7-15(8-10-27)20-25-19(26-30-20)14-3-5-16(28-2)6-4-14/h3-6,13,15,17H,7-11H2,1-2H3. The third-order valence-corrected chi connectivity index (χ3v) is 6.08. The van der Waals surface area contributed by atoms with Crippen LogP contribution >= 0.6 is 0 Å². The highest BCUT2D eigenvalue weighted by molar-refractivity contribution is 5.55. The van der Waals surface area contributed by atoms with Crippen LogP contribution in [0.25, 0.3) is 11.4 Å². The lowest BCUT2D eigenvalue weighted by atomic mass is 9.97. The van der Waals surface area contributed by atoms with Crippen molar-refractivity contribution in [2.45, 2.75) is 38.0 Å². The van der Waals surface area contributed by atoms with Crippen LogP contribution in [0.5, 0.6) is 5.75 Å². The summed E-state index contributed by atoms with van der Waals surface area (Å²) in [5, 5.41) is 13.6. The lowest BCUT2D eigenvalue weighted by Crippen LogP contribution is -2.33. The summed E-state index contributed by atoms with van der Waals surface area (Å²) in [5.74, 6) is 4.48. The van der Waals surface area contributed by atoms with E-state index in [1.807, 2.05) is 24.3 Å². The van der Waals surface area contributed by atoms with Crippen molar-refractivity contribution in [3.8, 4) is 23.2 Å². The molecule has 1 saturated carbocycles. The van der Waals surface area contributed by atoms with E-state index in [4.69, 9.17) is 13.7 Å². The normalized spacial score (nSPS) is 21.4. The fraction of sp³-hybridized carbons (Fsp3) is 0.455. The van der Waals surface area contributed by atoms with Gasteiger partial charge in [-0.15, -0.1) is 0 Å². The minimum absolute atomic E-state index is 0.192. The van der Waals surface area contributed by atoms with Crippen LogP contribution in [0.1, 0.15) is 55.5 Å². The first-order valence-electron chi connectivity index (χ1n) is 10.3. The Morgan fingerprint density at radius 1 is 1.13 bits per heavy atom. The predicted octanol–water partition coefficient (Wildman–Crippen LogP) is 4.11. The molecule has 5 rings (SSSR count). The van der Waals surface area contributed by atoms with Gasteiger partial charge in [0.1, 0.15) is 11.8 Å². The van der Waals surface area contributed by atoms with Crippen molar-refractivity contribution in [1.29, 1.82) is 5.26 Å². The second kappa shape index (κ2) is 7.48. The van der Waals surface area contributed by atoms with Crippen LogP contribution in [-0.2, 0) is 0 Å². The summed E-state index contributed by atoms with van der Waals surface area (Å²) in [6, 6.07) is 9.78. The number of hydrogen-bond acceptors (Lipinski definition) is 8. The Labute approximate surface area is 174 Å². The molecule has 0 N–H and O–H groups in total. The first kappa shape index (κ1) is 18.7. The van der Waals surface area contributed by atoms with Crippen LogP contribution in [0, 0.1) is 17.2 Å². The van der Waals surface area contributed by atoms with Crippen LogP contribution in [0.2, 0.25) is 0 Å². The Morgan fingerprint density at radius 2 is 1.87 bits per heavy atom. The number of methoxy groups -OCH3 is 1. The Kier molecular flexibility index (Phi) is 4.66. The van der Waals surface area contributed by atoms with Gasteiger partial charge in [0.05, 0.1) is 7.11 Å². The smallest absolute Gasteiger partial charge is 0.234 e. The topological polar surface area (TPSA) is 101 Å². The van der Waals surface area contributed by atoms with Gasteiger partial charge in [-0.2, -0.15) is 10.2 Å². The minimum Gasteiger partial charge on any atom is -0.497 e. The molecule has 0 bridgehead atoms. The number of benzene rings is 1. The zero-order valence-electron chi connectivity index (χ0n) is 17.0. The van der Waals surface area contributed by atoms with Gasteiger partial charge >= 0.3 is 0 Å². The van der Waals surface area contributed by atoms with Crippen LogP contribution in [0.15, 0.2) is 33.2 Å². The third kappa shape index (κ3) is 3.41. The largest absolute Gasteiger partial charge is 0.497 e. The highest BCUT2D eigenvalue weighted by atomic mass is 16.5. The van der Waals surface area contributed by atoms with Crippen molar-refractivity contribution in [2.24, 2.45) is 5.92 Å². The summed E-state index contributed by atoms with van der Waals surface area (Å²) in [6.07, 6.45) is 2.79. The van der Waals surface area contributed by atoms with E-state index in [1.165, 1.54) is 0 Å². The average Bonchev–Trinajstić information content (AvgIpc) is 3.20. The number of rotatable bonds is 5. The van der Waals surface area contributed by atoms with E-state index >= 15 is 0 Å². The molecular weight excluding hydrogens is 382 g/mol. The van der Waals surface area contributed by atoms with E-state index in [-0.39, 0.29) is 5.92 Å². The first-order chi connectivity index (χ1) is 14.7. The summed E-state index contributed by atoms with van der Waals surface area (Å²) in [6.45, 7) is 3.69. The van der Waals surface area contributed by atoms with Crippen molar-refractivity contribution in [3.05, 3.63) is 41.7 Å². The molecule has 2 fully saturated rings. The summed E-state index contributed by atoms with van der Waals surface area (Å²) < 4.78 is 16.7. The van der Waals surface area contributed by atoms with Crippen LogP contribution in [0.4, 0.5) is 5.88 Å². The number of oxazole rings is 1. The molecule has 2 unspecified atom stereocenters. The van der Waals surface area contributed by atoms with E-state index in [1.54, 1.807) is 7.11 Å². The number of aromatic nitrogens is 3. The molecule has 3 heterocycles. The van der Waals surface area contributed by atoms with Gasteiger partial charge in [0.2, 0.25) is 29.2 Å². The Hall–Kier alpha value is -3.34. The molecule has 154 valence electrons. The summed E-state index contributed by atoms with van der Waals surface area (Å²) in [7, 11) is 1.64. The van der Waals surface area contributed by atoms with Crippen molar-refractivity contribution in [1.82, 2.24) is 15.1 Å². The van der Waals surface area contributed by atoms with Crippen LogP contribution in [0.3, 0.4) is 0 Å². The lowest BCUT2D eigenvalue weighted by Gasteiger charge is -2.29. The molecule has 30 heavy (non-hydrogen) atoms. The van der Waals surface area contributed by atoms with Crippen molar-refractivity contribution >= 4 is 5.88 Å². The van der Waals surface area contributed by atoms with Crippen molar-refractivity contribution in [3.63, 3.8) is 0 Å². The van der Waals surface area contributed by atoms with Crippen LogP contribution < -0.4 is 9.64 Å². The van der Waals surface area contributed by atoms with Gasteiger partial charge in [0.25, 0.3) is 0 Å². The monoisotopic (exact) mass is 405 g/mol. The molecule has 3 aromatic rings. The van der Waals surface area contributed by atoms with Gasteiger partial charge in [0, 0.05) is 30.5 Å². The molecule has 1 aromatic carbocycles. The van der Waals surface area contributed by atoms with Gasteiger partial charge in [0.15, 0.2) is 0 Å². The highest BCUT2D eigenvalue weighted by Gasteiger charge is 2.40. The van der Waals surface area contributed by atoms with Crippen molar-refractivity contribution < 1.29 is 13.7 Å². The van der Waals surface area contributed by atoms with Crippen molar-refractivity contribution in [2.75, 3.05) is 25.1 Å². The van der Waals surface area contributed by atoms with Gasteiger partial charge in [-0.1, -0.05) is 12.1 Å². The fourth-order valence-corrected chi connectivity index (χ4v) is 4.03. The number of ether oxygens (including phenoxy) is 1. The molecule has 8 heteroatoms. The minimum atomic E-state index is 0.192. The van der Waals surface area contributed by atoms with Gasteiger partial charge in [-0.05, 0) is 49.4 Å². The van der Waals surface area contributed by atoms with E-state index in [0.29, 0.717) is 41.0 Å². The molecule has 1 aliphatic carbocycles. The summed E-state index contributed by atoms with van der Waals surface area (Å²) in [4.78, 5) is 11.1. The molecule has 2 atom stereocenters. The number of nitrogens with zero attached hydrogens (tertiary/aromatic N) is 5. The van der Waals surface area contributed by atoms with Crippen LogP contribution in [-0.4, -0.2) is 35.3 Å². The number of anilines is 1. The highest BCUT2D eigenvalue weighted by Crippen LogP contribution is 2.47. The maximum absolute atomic E-state index is 9.46. The van der Waals surface area contributed by atoms with Gasteiger partial charge in [-0.3, -0.25) is 0 Å². The molecule has 0 spiro atoms. The average molecular weight is 405 g/mol. The zero-order chi connectivity index (χ0) is 20.7. The molecular formula is C22H23N5O3. The summed E-state index contributed by atoms with van der Waals surface area (Å²) in [5.41, 5.74) is 1.28. The van der Waals surface area contributed by atoms with Gasteiger partial charge < -0.3 is 18.6 Å². The number of nitriles is 1. The maximum atomic E-state index is 9.46. The number of piperidine rings is 1. The quantitative estimate of drug-likeness (QED) is 0.625. The Bertz CT molecular complexity index is 1070. The van der Waals surface area contributed by atoms with E-state index in [2.05, 4.69) is 33.0 Å². The molecule has 2 aliphatic rings. The molecule has 0 radical (unpaired) electrons. The maximum Gasteiger partial charge on any atom is 0.234 e. The second-order valence-corrected chi connectivity index (χ2v) is 8.08. The van der Waals surface area contributed by atoms with E-state index < -0.39 is 0 Å². The molecule has 1 saturated heterocycles. The predicted molar refractivity (Wildman–Crippen MR) is 108 cm³/mol. The molecule has 8 nitrogen and oxygen atoms in total. The molecule has 0 amide bonds. The SMILES string of the molecule is COc1ccc(-c2noc(C3CCN(c4oc(C5CC5C)nc4C#N)CC3)n2)cc1. The Morgan fingerprint density at radius 3 is 2.50 bits per heavy atom. The summed E-state index contributed by atoms with van der Waals surface area (Å²) >= 11 is 0. The first-order valence-corrected chi connectivity index (χ1v) is 10.3. The molecule has 1 aliphatic heterocycles. The zero-order valence-corrected chi connectivity index (χ0v) is 17.0. The van der Waals surface area contributed by atoms with E-state index in [0.717, 1.165) is 43.7 Å². The van der Waals surface area contributed by atoms with Gasteiger partial charge in [-0.25, -0.2) is 4.98 Å². The van der Waals surface area contributed by atoms with E-state index in [9.17, 15) is 5.26 Å². The Balaban J connectivity index is 1.26. The second-order valence-electron chi connectivity index (χ2n) is 8.08. The molecule has 2 aromatic heterocycles. The number of hydrogen-bond donors (Lipinski definition) is 0. The third-order valence-electron chi connectivity index (χ3n) is 6.08.